The molecule has 0 radical (unpaired) electrons. The Morgan fingerprint density at radius 1 is 1.26 bits per heavy atom. The SMILES string of the molecule is CC1=CC(C)(C)N(CCCC(=O)O)C2C=C3Oc4c(cc5c6c4CCCN6CCC5)N=C3C=C12. The number of aliphatic imine (C=N–C) groups is 1. The van der Waals surface area contributed by atoms with Crippen LogP contribution in [-0.4, -0.2) is 52.9 Å². The molecule has 34 heavy (non-hydrogen) atoms. The van der Waals surface area contributed by atoms with Crippen LogP contribution in [0, 0.1) is 0 Å². The van der Waals surface area contributed by atoms with Gasteiger partial charge in [-0.25, -0.2) is 4.99 Å². The first kappa shape index (κ1) is 21.7. The van der Waals surface area contributed by atoms with Crippen molar-refractivity contribution in [1.29, 1.82) is 0 Å². The van der Waals surface area contributed by atoms with E-state index in [1.807, 2.05) is 0 Å². The molecule has 1 aliphatic carbocycles. The summed E-state index contributed by atoms with van der Waals surface area (Å²) in [5.41, 5.74) is 8.32. The number of carboxylic acids is 1. The van der Waals surface area contributed by atoms with Crippen molar-refractivity contribution in [2.24, 2.45) is 4.99 Å². The first-order valence-corrected chi connectivity index (χ1v) is 12.6. The van der Waals surface area contributed by atoms with Crippen LogP contribution in [0.4, 0.5) is 11.4 Å². The normalized spacial score (nSPS) is 24.3. The average Bonchev–Trinajstić information content (AvgIpc) is 2.79. The third-order valence-electron chi connectivity index (χ3n) is 7.97. The number of nitrogens with zero attached hydrogens (tertiary/aromatic N) is 3. The highest BCUT2D eigenvalue weighted by Gasteiger charge is 2.40. The van der Waals surface area contributed by atoms with E-state index in [0.29, 0.717) is 13.0 Å². The first-order valence-electron chi connectivity index (χ1n) is 12.6. The molecule has 0 saturated heterocycles. The summed E-state index contributed by atoms with van der Waals surface area (Å²) >= 11 is 0. The number of hydrogen-bond acceptors (Lipinski definition) is 5. The van der Waals surface area contributed by atoms with Crippen LogP contribution in [-0.2, 0) is 17.6 Å². The van der Waals surface area contributed by atoms with E-state index in [4.69, 9.17) is 14.8 Å². The van der Waals surface area contributed by atoms with Gasteiger partial charge in [-0.3, -0.25) is 9.69 Å². The van der Waals surface area contributed by atoms with Gasteiger partial charge in [0.05, 0.1) is 6.04 Å². The van der Waals surface area contributed by atoms with E-state index in [2.05, 4.69) is 54.9 Å². The number of aliphatic carboxylic acids is 1. The minimum absolute atomic E-state index is 0.0507. The molecule has 0 saturated carbocycles. The molecular formula is C28H33N3O3. The van der Waals surface area contributed by atoms with Crippen LogP contribution in [0.2, 0.25) is 0 Å². The van der Waals surface area contributed by atoms with Gasteiger partial charge in [0.1, 0.15) is 11.4 Å². The molecule has 4 aliphatic heterocycles. The summed E-state index contributed by atoms with van der Waals surface area (Å²) in [4.78, 5) is 21.2. The lowest BCUT2D eigenvalue weighted by Gasteiger charge is -2.47. The topological polar surface area (TPSA) is 65.4 Å². The van der Waals surface area contributed by atoms with Crippen LogP contribution in [0.5, 0.6) is 5.75 Å². The Labute approximate surface area is 201 Å². The maximum atomic E-state index is 11.1. The minimum atomic E-state index is -0.743. The fourth-order valence-corrected chi connectivity index (χ4v) is 6.53. The molecule has 0 spiro atoms. The summed E-state index contributed by atoms with van der Waals surface area (Å²) in [6.07, 6.45) is 12.0. The third-order valence-corrected chi connectivity index (χ3v) is 7.97. The molecule has 4 heterocycles. The molecular weight excluding hydrogens is 426 g/mol. The van der Waals surface area contributed by atoms with Crippen molar-refractivity contribution < 1.29 is 14.6 Å². The highest BCUT2D eigenvalue weighted by Crippen LogP contribution is 2.49. The number of fused-ring (bicyclic) bond motifs is 4. The molecule has 1 unspecified atom stereocenters. The first-order chi connectivity index (χ1) is 16.3. The Morgan fingerprint density at radius 2 is 2.06 bits per heavy atom. The average molecular weight is 460 g/mol. The molecule has 0 aromatic heterocycles. The predicted octanol–water partition coefficient (Wildman–Crippen LogP) is 4.95. The van der Waals surface area contributed by atoms with Gasteiger partial charge in [0, 0.05) is 42.8 Å². The number of benzene rings is 1. The summed E-state index contributed by atoms with van der Waals surface area (Å²) in [6, 6.07) is 2.31. The van der Waals surface area contributed by atoms with Crippen LogP contribution in [0.25, 0.3) is 0 Å². The summed E-state index contributed by atoms with van der Waals surface area (Å²) in [5.74, 6) is 1.03. The minimum Gasteiger partial charge on any atom is -0.481 e. The van der Waals surface area contributed by atoms with Crippen molar-refractivity contribution in [1.82, 2.24) is 4.90 Å². The van der Waals surface area contributed by atoms with Gasteiger partial charge in [-0.15, -0.1) is 0 Å². The van der Waals surface area contributed by atoms with E-state index in [1.165, 1.54) is 34.4 Å². The van der Waals surface area contributed by atoms with Crippen molar-refractivity contribution in [3.63, 3.8) is 0 Å². The lowest BCUT2D eigenvalue weighted by molar-refractivity contribution is -0.137. The molecule has 6 rings (SSSR count). The van der Waals surface area contributed by atoms with Gasteiger partial charge in [-0.1, -0.05) is 6.08 Å². The molecule has 0 fully saturated rings. The zero-order valence-corrected chi connectivity index (χ0v) is 20.4. The van der Waals surface area contributed by atoms with E-state index >= 15 is 0 Å². The van der Waals surface area contributed by atoms with Crippen molar-refractivity contribution in [2.75, 3.05) is 24.5 Å². The Hall–Kier alpha value is -2.86. The number of ether oxygens (including phenoxy) is 1. The van der Waals surface area contributed by atoms with Gasteiger partial charge in [0.2, 0.25) is 0 Å². The second-order valence-electron chi connectivity index (χ2n) is 10.8. The van der Waals surface area contributed by atoms with Crippen LogP contribution >= 0.6 is 0 Å². The Bertz CT molecular complexity index is 1200. The quantitative estimate of drug-likeness (QED) is 0.690. The van der Waals surface area contributed by atoms with Crippen LogP contribution in [0.15, 0.2) is 46.2 Å². The molecule has 6 nitrogen and oxygen atoms in total. The maximum absolute atomic E-state index is 11.1. The fourth-order valence-electron chi connectivity index (χ4n) is 6.53. The van der Waals surface area contributed by atoms with Crippen molar-refractivity contribution in [3.8, 4) is 5.75 Å². The van der Waals surface area contributed by atoms with E-state index < -0.39 is 5.97 Å². The number of carbonyl (C=O) groups is 1. The van der Waals surface area contributed by atoms with Crippen LogP contribution in [0.3, 0.4) is 0 Å². The summed E-state index contributed by atoms with van der Waals surface area (Å²) in [6.45, 7) is 9.57. The molecule has 1 aromatic carbocycles. The van der Waals surface area contributed by atoms with Crippen molar-refractivity contribution >= 4 is 23.1 Å². The highest BCUT2D eigenvalue weighted by atomic mass is 16.5. The molecule has 1 atom stereocenters. The highest BCUT2D eigenvalue weighted by molar-refractivity contribution is 6.12. The standard InChI is InChI=1S/C28H33N3O3/c1-17-16-28(2,3)31(12-6-9-25(32)33)23-15-24-21(14-20(17)23)29-22-13-18-7-4-10-30-11-5-8-19(26(18)30)27(22)34-24/h13-16,23H,4-12H2,1-3H3,(H,32,33). The number of anilines is 1. The lowest BCUT2D eigenvalue weighted by Crippen LogP contribution is -2.53. The fraction of sp³-hybridized carbons (Fsp3) is 0.500. The number of allylic oxidation sites excluding steroid dienone is 1. The van der Waals surface area contributed by atoms with Crippen molar-refractivity contribution in [2.45, 2.75) is 70.9 Å². The third kappa shape index (κ3) is 3.42. The molecule has 1 aromatic rings. The second-order valence-corrected chi connectivity index (χ2v) is 10.8. The zero-order chi connectivity index (χ0) is 23.6. The van der Waals surface area contributed by atoms with Gasteiger partial charge in [-0.05, 0) is 87.8 Å². The predicted molar refractivity (Wildman–Crippen MR) is 134 cm³/mol. The van der Waals surface area contributed by atoms with E-state index in [0.717, 1.165) is 55.3 Å². The molecule has 1 N–H and O–H groups in total. The van der Waals surface area contributed by atoms with E-state index in [-0.39, 0.29) is 18.0 Å². The molecule has 6 heteroatoms. The monoisotopic (exact) mass is 459 g/mol. The van der Waals surface area contributed by atoms with Gasteiger partial charge >= 0.3 is 5.97 Å². The smallest absolute Gasteiger partial charge is 0.303 e. The molecule has 5 aliphatic rings. The summed E-state index contributed by atoms with van der Waals surface area (Å²) < 4.78 is 6.67. The van der Waals surface area contributed by atoms with Gasteiger partial charge in [0.25, 0.3) is 0 Å². The largest absolute Gasteiger partial charge is 0.481 e. The Balaban J connectivity index is 1.41. The maximum Gasteiger partial charge on any atom is 0.303 e. The number of aryl methyl sites for hydroxylation is 1. The molecule has 0 bridgehead atoms. The van der Waals surface area contributed by atoms with Gasteiger partial charge in [0.15, 0.2) is 11.5 Å². The Kier molecular flexibility index (Phi) is 4.99. The van der Waals surface area contributed by atoms with Gasteiger partial charge in [-0.2, -0.15) is 0 Å². The van der Waals surface area contributed by atoms with Crippen molar-refractivity contribution in [3.05, 3.63) is 52.3 Å². The van der Waals surface area contributed by atoms with E-state index in [1.54, 1.807) is 0 Å². The number of hydrogen-bond donors (Lipinski definition) is 1. The number of carboxylic acid groups (broad SMARTS) is 1. The lowest BCUT2D eigenvalue weighted by atomic mass is 9.81. The molecule has 178 valence electrons. The van der Waals surface area contributed by atoms with E-state index in [9.17, 15) is 4.79 Å². The molecule has 0 amide bonds. The Morgan fingerprint density at radius 3 is 2.85 bits per heavy atom. The van der Waals surface area contributed by atoms with Crippen LogP contribution < -0.4 is 9.64 Å². The zero-order valence-electron chi connectivity index (χ0n) is 20.4. The summed E-state index contributed by atoms with van der Waals surface area (Å²) in [7, 11) is 0. The number of rotatable bonds is 4. The van der Waals surface area contributed by atoms with Crippen LogP contribution in [0.1, 0.15) is 57.6 Å². The summed E-state index contributed by atoms with van der Waals surface area (Å²) in [5, 5.41) is 9.16. The van der Waals surface area contributed by atoms with Gasteiger partial charge < -0.3 is 14.7 Å². The second kappa shape index (κ2) is 7.84.